The third kappa shape index (κ3) is 7.30. The molecule has 87 heavy (non-hydrogen) atoms. The Balaban J connectivity index is 0.715. The lowest BCUT2D eigenvalue weighted by atomic mass is 9.98. The van der Waals surface area contributed by atoms with Crippen molar-refractivity contribution in [3.63, 3.8) is 0 Å². The molecular formula is C80H46N2O5. The summed E-state index contributed by atoms with van der Waals surface area (Å²) in [6, 6.07) is 98.4. The predicted octanol–water partition coefficient (Wildman–Crippen LogP) is 23.8. The zero-order chi connectivity index (χ0) is 56.8. The van der Waals surface area contributed by atoms with Gasteiger partial charge in [0.25, 0.3) is 0 Å². The maximum absolute atomic E-state index is 6.90. The Labute approximate surface area is 495 Å². The first-order valence-electron chi connectivity index (χ1n) is 29.3. The quantitative estimate of drug-likeness (QED) is 0.150. The van der Waals surface area contributed by atoms with Crippen LogP contribution in [0.25, 0.3) is 153 Å². The van der Waals surface area contributed by atoms with Gasteiger partial charge in [0, 0.05) is 77.4 Å². The Kier molecular flexibility index (Phi) is 10.1. The second-order valence-corrected chi connectivity index (χ2v) is 22.7. The summed E-state index contributed by atoms with van der Waals surface area (Å²) in [5.41, 5.74) is 18.3. The van der Waals surface area contributed by atoms with E-state index in [0.717, 1.165) is 155 Å². The number of para-hydroxylation sites is 4. The standard InChI is InChI=1S/C80H46N2O5/c1-3-17-55-47(13-1)15-9-21-57(55)49-29-33-51(34-30-49)81(69-25-11-23-63-59-19-5-7-27-71(59)86-79(63)69)53-37-39-61-65-43-77-67(45-75(65)83-73(61)41-53)68-46-76-66(44-78(68)85-77)62-40-38-54(42-74(62)84-76)82(70-26-12-24-64-60-20-6-8-28-72(60)87-80(64)70)52-35-31-50(32-36-52)58-22-10-16-48-14-2-4-18-56(48)58/h1-46H. The van der Waals surface area contributed by atoms with Gasteiger partial charge in [-0.1, -0.05) is 170 Å². The number of fused-ring (bicyclic) bond motifs is 17. The van der Waals surface area contributed by atoms with Crippen LogP contribution in [0.4, 0.5) is 34.1 Å². The molecule has 5 heterocycles. The molecule has 406 valence electrons. The molecule has 0 atom stereocenters. The summed E-state index contributed by atoms with van der Waals surface area (Å²) in [6.07, 6.45) is 0. The summed E-state index contributed by atoms with van der Waals surface area (Å²) >= 11 is 0. The highest BCUT2D eigenvalue weighted by atomic mass is 16.3. The van der Waals surface area contributed by atoms with Gasteiger partial charge in [0.2, 0.25) is 0 Å². The number of anilines is 6. The van der Waals surface area contributed by atoms with E-state index in [9.17, 15) is 0 Å². The van der Waals surface area contributed by atoms with Gasteiger partial charge in [-0.25, -0.2) is 0 Å². The molecule has 0 aliphatic carbocycles. The smallest absolute Gasteiger partial charge is 0.159 e. The Morgan fingerprint density at radius 1 is 0.195 bits per heavy atom. The molecule has 0 spiro atoms. The number of benzene rings is 14. The van der Waals surface area contributed by atoms with Crippen LogP contribution in [0.15, 0.2) is 301 Å². The molecule has 5 aromatic heterocycles. The van der Waals surface area contributed by atoms with Gasteiger partial charge in [0.15, 0.2) is 11.2 Å². The van der Waals surface area contributed by atoms with Gasteiger partial charge in [-0.2, -0.15) is 0 Å². The van der Waals surface area contributed by atoms with Crippen molar-refractivity contribution in [3.05, 3.63) is 279 Å². The van der Waals surface area contributed by atoms with Gasteiger partial charge in [0.05, 0.1) is 22.7 Å². The largest absolute Gasteiger partial charge is 0.456 e. The lowest BCUT2D eigenvalue weighted by Gasteiger charge is -2.25. The zero-order valence-corrected chi connectivity index (χ0v) is 46.5. The van der Waals surface area contributed by atoms with Crippen LogP contribution in [0.2, 0.25) is 0 Å². The van der Waals surface area contributed by atoms with E-state index in [1.165, 1.54) is 32.7 Å². The third-order valence-corrected chi connectivity index (χ3v) is 17.8. The van der Waals surface area contributed by atoms with Crippen LogP contribution in [0.3, 0.4) is 0 Å². The molecule has 0 saturated carbocycles. The van der Waals surface area contributed by atoms with Crippen molar-refractivity contribution in [1.82, 2.24) is 0 Å². The molecule has 0 unspecified atom stereocenters. The van der Waals surface area contributed by atoms with E-state index >= 15 is 0 Å². The van der Waals surface area contributed by atoms with E-state index < -0.39 is 0 Å². The van der Waals surface area contributed by atoms with Crippen LogP contribution in [0.5, 0.6) is 0 Å². The highest BCUT2D eigenvalue weighted by Gasteiger charge is 2.25. The summed E-state index contributed by atoms with van der Waals surface area (Å²) in [7, 11) is 0. The molecule has 0 bridgehead atoms. The molecule has 14 aromatic carbocycles. The molecule has 0 fully saturated rings. The van der Waals surface area contributed by atoms with Crippen molar-refractivity contribution in [2.45, 2.75) is 0 Å². The Morgan fingerprint density at radius 2 is 0.517 bits per heavy atom. The summed E-state index contributed by atoms with van der Waals surface area (Å²) in [5.74, 6) is 0. The van der Waals surface area contributed by atoms with Crippen molar-refractivity contribution in [1.29, 1.82) is 0 Å². The van der Waals surface area contributed by atoms with Gasteiger partial charge in [-0.05, 0) is 141 Å². The molecule has 0 N–H and O–H groups in total. The first kappa shape index (κ1) is 47.7. The van der Waals surface area contributed by atoms with Gasteiger partial charge in [-0.15, -0.1) is 0 Å². The molecule has 0 amide bonds. The fourth-order valence-corrected chi connectivity index (χ4v) is 13.8. The number of hydrogen-bond donors (Lipinski definition) is 0. The molecule has 0 radical (unpaired) electrons. The average Bonchev–Trinajstić information content (AvgIpc) is 1.87. The van der Waals surface area contributed by atoms with Gasteiger partial charge < -0.3 is 31.9 Å². The predicted molar refractivity (Wildman–Crippen MR) is 358 cm³/mol. The highest BCUT2D eigenvalue weighted by molar-refractivity contribution is 6.20. The normalized spacial score (nSPS) is 12.1. The minimum absolute atomic E-state index is 0.760. The van der Waals surface area contributed by atoms with Crippen molar-refractivity contribution in [2.75, 3.05) is 9.80 Å². The maximum Gasteiger partial charge on any atom is 0.159 e. The molecule has 19 aromatic rings. The van der Waals surface area contributed by atoms with Crippen LogP contribution < -0.4 is 9.80 Å². The molecule has 0 aliphatic heterocycles. The van der Waals surface area contributed by atoms with Crippen molar-refractivity contribution in [3.8, 4) is 22.3 Å². The topological polar surface area (TPSA) is 72.2 Å². The van der Waals surface area contributed by atoms with Crippen molar-refractivity contribution < 1.29 is 22.1 Å². The lowest BCUT2D eigenvalue weighted by Crippen LogP contribution is -2.10. The van der Waals surface area contributed by atoms with Crippen molar-refractivity contribution >= 4 is 165 Å². The first-order chi connectivity index (χ1) is 43.1. The monoisotopic (exact) mass is 1110 g/mol. The van der Waals surface area contributed by atoms with Gasteiger partial charge in [-0.3, -0.25) is 0 Å². The Morgan fingerprint density at radius 3 is 0.954 bits per heavy atom. The number of furan rings is 5. The fourth-order valence-electron chi connectivity index (χ4n) is 13.8. The van der Waals surface area contributed by atoms with E-state index in [2.05, 4.69) is 265 Å². The summed E-state index contributed by atoms with van der Waals surface area (Å²) in [5, 5.41) is 15.0. The van der Waals surface area contributed by atoms with Crippen molar-refractivity contribution in [2.24, 2.45) is 0 Å². The Bertz CT molecular complexity index is 5660. The average molecular weight is 1120 g/mol. The van der Waals surface area contributed by atoms with Gasteiger partial charge in [0.1, 0.15) is 44.7 Å². The summed E-state index contributed by atoms with van der Waals surface area (Å²) in [6.45, 7) is 0. The molecule has 7 heteroatoms. The summed E-state index contributed by atoms with van der Waals surface area (Å²) in [4.78, 5) is 4.54. The minimum atomic E-state index is 0.760. The molecular weight excluding hydrogens is 1070 g/mol. The van der Waals surface area contributed by atoms with E-state index in [4.69, 9.17) is 22.1 Å². The van der Waals surface area contributed by atoms with E-state index in [-0.39, 0.29) is 0 Å². The van der Waals surface area contributed by atoms with Crippen LogP contribution in [-0.2, 0) is 0 Å². The lowest BCUT2D eigenvalue weighted by molar-refractivity contribution is 0.662. The van der Waals surface area contributed by atoms with Crippen LogP contribution in [0, 0.1) is 0 Å². The second-order valence-electron chi connectivity index (χ2n) is 22.7. The van der Waals surface area contributed by atoms with Crippen LogP contribution in [0.1, 0.15) is 0 Å². The molecule has 19 rings (SSSR count). The minimum Gasteiger partial charge on any atom is -0.456 e. The molecule has 0 aliphatic rings. The number of nitrogens with zero attached hydrogens (tertiary/aromatic N) is 2. The molecule has 7 nitrogen and oxygen atoms in total. The van der Waals surface area contributed by atoms with E-state index in [1.54, 1.807) is 0 Å². The number of hydrogen-bond acceptors (Lipinski definition) is 7. The number of rotatable bonds is 8. The Hall–Kier alpha value is -11.8. The molecule has 0 saturated heterocycles. The highest BCUT2D eigenvalue weighted by Crippen LogP contribution is 2.48. The summed E-state index contributed by atoms with van der Waals surface area (Å²) < 4.78 is 34.0. The zero-order valence-electron chi connectivity index (χ0n) is 46.5. The SMILES string of the molecule is c1ccc2c(-c3ccc(N(c4ccc5c(c4)oc4cc6c(cc45)oc4cc5c(cc46)oc4cc(N(c6ccc(-c7cccc8ccccc78)cc6)c6cccc7c6oc6ccccc67)ccc45)c4cccc5c4oc4ccccc45)cc3)cccc2c1. The second kappa shape index (κ2) is 18.3. The van der Waals surface area contributed by atoms with E-state index in [0.29, 0.717) is 0 Å². The van der Waals surface area contributed by atoms with Crippen LogP contribution >= 0.6 is 0 Å². The maximum atomic E-state index is 6.90. The van der Waals surface area contributed by atoms with Gasteiger partial charge >= 0.3 is 0 Å². The van der Waals surface area contributed by atoms with Crippen LogP contribution in [-0.4, -0.2) is 0 Å². The van der Waals surface area contributed by atoms with E-state index in [1.807, 2.05) is 24.3 Å². The fraction of sp³-hybridized carbons (Fsp3) is 0. The third-order valence-electron chi connectivity index (χ3n) is 17.8. The first-order valence-corrected chi connectivity index (χ1v) is 29.3.